The van der Waals surface area contributed by atoms with Crippen LogP contribution in [-0.4, -0.2) is 31.0 Å². The van der Waals surface area contributed by atoms with E-state index in [9.17, 15) is 17.6 Å². The molecule has 1 aromatic carbocycles. The molecule has 152 valence electrons. The van der Waals surface area contributed by atoms with Crippen LogP contribution >= 0.6 is 11.3 Å². The van der Waals surface area contributed by atoms with Gasteiger partial charge in [-0.15, -0.1) is 11.3 Å². The van der Waals surface area contributed by atoms with Crippen molar-refractivity contribution in [1.82, 2.24) is 14.9 Å². The van der Waals surface area contributed by atoms with E-state index in [4.69, 9.17) is 4.52 Å². The van der Waals surface area contributed by atoms with Gasteiger partial charge in [0, 0.05) is 22.5 Å². The minimum atomic E-state index is -3.88. The van der Waals surface area contributed by atoms with Crippen LogP contribution in [0, 0.1) is 5.82 Å². The molecule has 0 bridgehead atoms. The Labute approximate surface area is 170 Å². The summed E-state index contributed by atoms with van der Waals surface area (Å²) in [6.07, 6.45) is 3.19. The minimum absolute atomic E-state index is 0.0390. The van der Waals surface area contributed by atoms with E-state index >= 15 is 0 Å². The number of hydrogen-bond donors (Lipinski definition) is 2. The molecule has 2 aromatic heterocycles. The number of rotatable bonds is 7. The first kappa shape index (κ1) is 19.7. The van der Waals surface area contributed by atoms with Gasteiger partial charge in [0.1, 0.15) is 10.0 Å². The number of thiophene rings is 1. The predicted octanol–water partition coefficient (Wildman–Crippen LogP) is 3.12. The average molecular weight is 436 g/mol. The molecule has 11 heteroatoms. The van der Waals surface area contributed by atoms with Crippen LogP contribution in [0.2, 0.25) is 0 Å². The summed E-state index contributed by atoms with van der Waals surface area (Å²) in [5, 5.41) is 8.04. The Morgan fingerprint density at radius 1 is 1.28 bits per heavy atom. The van der Waals surface area contributed by atoms with Gasteiger partial charge in [0.15, 0.2) is 0 Å². The highest BCUT2D eigenvalue weighted by atomic mass is 32.2. The summed E-state index contributed by atoms with van der Waals surface area (Å²) in [5.41, 5.74) is 0.911. The Balaban J connectivity index is 1.38. The first-order chi connectivity index (χ1) is 13.9. The van der Waals surface area contributed by atoms with E-state index in [1.165, 1.54) is 30.3 Å². The van der Waals surface area contributed by atoms with E-state index in [0.29, 0.717) is 28.9 Å². The van der Waals surface area contributed by atoms with Crippen LogP contribution in [0.3, 0.4) is 0 Å². The molecule has 0 saturated heterocycles. The molecular weight excluding hydrogens is 419 g/mol. The molecule has 4 rings (SSSR count). The Hall–Kier alpha value is -2.63. The molecule has 2 N–H and O–H groups in total. The quantitative estimate of drug-likeness (QED) is 0.588. The molecule has 1 fully saturated rings. The van der Waals surface area contributed by atoms with Crippen molar-refractivity contribution in [3.8, 4) is 11.4 Å². The second-order valence-electron chi connectivity index (χ2n) is 6.62. The van der Waals surface area contributed by atoms with E-state index in [1.54, 1.807) is 5.38 Å². The number of anilines is 1. The van der Waals surface area contributed by atoms with Crippen LogP contribution in [0.4, 0.5) is 10.1 Å². The van der Waals surface area contributed by atoms with Crippen molar-refractivity contribution in [2.45, 2.75) is 29.4 Å². The number of amides is 1. The molecule has 0 spiro atoms. The Bertz CT molecular complexity index is 1120. The molecular formula is C18H17FN4O4S2. The van der Waals surface area contributed by atoms with Crippen LogP contribution in [0.25, 0.3) is 11.4 Å². The lowest BCUT2D eigenvalue weighted by Crippen LogP contribution is -2.32. The zero-order chi connectivity index (χ0) is 20.4. The number of carbonyl (C=O) groups is 1. The monoisotopic (exact) mass is 436 g/mol. The highest BCUT2D eigenvalue weighted by molar-refractivity contribution is 7.91. The fraction of sp³-hybridized carbons (Fsp3) is 0.278. The van der Waals surface area contributed by atoms with E-state index < -0.39 is 28.3 Å². The number of carbonyl (C=O) groups excluding carboxylic acids is 1. The normalized spacial score (nSPS) is 14.5. The summed E-state index contributed by atoms with van der Waals surface area (Å²) in [7, 11) is -3.88. The van der Waals surface area contributed by atoms with Gasteiger partial charge in [-0.05, 0) is 43.2 Å². The number of sulfonamides is 1. The molecule has 1 aliphatic carbocycles. The Morgan fingerprint density at radius 2 is 2.03 bits per heavy atom. The molecule has 8 nitrogen and oxygen atoms in total. The molecule has 1 amide bonds. The minimum Gasteiger partial charge on any atom is -0.339 e. The fourth-order valence-corrected chi connectivity index (χ4v) is 4.90. The highest BCUT2D eigenvalue weighted by Crippen LogP contribution is 2.36. The van der Waals surface area contributed by atoms with Crippen LogP contribution in [0.15, 0.2) is 44.4 Å². The van der Waals surface area contributed by atoms with Crippen LogP contribution in [0.1, 0.15) is 31.1 Å². The summed E-state index contributed by atoms with van der Waals surface area (Å²) >= 11 is 1.00. The van der Waals surface area contributed by atoms with Gasteiger partial charge in [-0.1, -0.05) is 11.6 Å². The summed E-state index contributed by atoms with van der Waals surface area (Å²) in [5.74, 6) is 0.217. The van der Waals surface area contributed by atoms with Crippen molar-refractivity contribution in [2.75, 3.05) is 11.9 Å². The number of nitrogens with one attached hydrogen (secondary N) is 2. The molecule has 0 aliphatic heterocycles. The van der Waals surface area contributed by atoms with Crippen molar-refractivity contribution >= 4 is 33.0 Å². The molecule has 1 aliphatic rings. The summed E-state index contributed by atoms with van der Waals surface area (Å²) in [6.45, 7) is -0.457. The van der Waals surface area contributed by atoms with Gasteiger partial charge in [0.25, 0.3) is 10.0 Å². The van der Waals surface area contributed by atoms with Gasteiger partial charge in [0.2, 0.25) is 17.6 Å². The van der Waals surface area contributed by atoms with Gasteiger partial charge in [-0.25, -0.2) is 17.5 Å². The maximum atomic E-state index is 12.9. The largest absolute Gasteiger partial charge is 0.339 e. The van der Waals surface area contributed by atoms with Crippen LogP contribution < -0.4 is 10.0 Å². The summed E-state index contributed by atoms with van der Waals surface area (Å²) < 4.78 is 45.3. The van der Waals surface area contributed by atoms with Gasteiger partial charge >= 0.3 is 0 Å². The Kier molecular flexibility index (Phi) is 5.43. The SMILES string of the molecule is O=C(CNS(=O)(=O)c1cc(-c2noc(C3CCC3)n2)cs1)Nc1ccc(F)cc1. The maximum absolute atomic E-state index is 12.9. The third-order valence-electron chi connectivity index (χ3n) is 4.55. The number of nitrogens with zero attached hydrogens (tertiary/aromatic N) is 2. The van der Waals surface area contributed by atoms with Gasteiger partial charge in [0.05, 0.1) is 6.54 Å². The van der Waals surface area contributed by atoms with Crippen LogP contribution in [0.5, 0.6) is 0 Å². The van der Waals surface area contributed by atoms with E-state index in [-0.39, 0.29) is 4.21 Å². The first-order valence-electron chi connectivity index (χ1n) is 8.88. The van der Waals surface area contributed by atoms with Crippen LogP contribution in [-0.2, 0) is 14.8 Å². The number of benzene rings is 1. The lowest BCUT2D eigenvalue weighted by Gasteiger charge is -2.20. The lowest BCUT2D eigenvalue weighted by molar-refractivity contribution is -0.115. The fourth-order valence-electron chi connectivity index (χ4n) is 2.72. The predicted molar refractivity (Wildman–Crippen MR) is 104 cm³/mol. The van der Waals surface area contributed by atoms with Crippen molar-refractivity contribution < 1.29 is 22.1 Å². The number of halogens is 1. The summed E-state index contributed by atoms with van der Waals surface area (Å²) in [6, 6.07) is 6.61. The average Bonchev–Trinajstić information content (AvgIpc) is 3.30. The maximum Gasteiger partial charge on any atom is 0.250 e. The Morgan fingerprint density at radius 3 is 2.72 bits per heavy atom. The van der Waals surface area contributed by atoms with Gasteiger partial charge in [-0.2, -0.15) is 4.98 Å². The number of hydrogen-bond acceptors (Lipinski definition) is 7. The zero-order valence-corrected chi connectivity index (χ0v) is 16.7. The van der Waals surface area contributed by atoms with E-state index in [2.05, 4.69) is 20.2 Å². The van der Waals surface area contributed by atoms with Crippen molar-refractivity contribution in [2.24, 2.45) is 0 Å². The standard InChI is InChI=1S/C18H17FN4O4S2/c19-13-4-6-14(7-5-13)21-15(24)9-20-29(25,26)16-8-12(10-28-16)17-22-18(27-23-17)11-2-1-3-11/h4-8,10-11,20H,1-3,9H2,(H,21,24). The molecule has 2 heterocycles. The molecule has 3 aromatic rings. The smallest absolute Gasteiger partial charge is 0.250 e. The second-order valence-corrected chi connectivity index (χ2v) is 9.52. The molecule has 29 heavy (non-hydrogen) atoms. The molecule has 0 unspecified atom stereocenters. The summed E-state index contributed by atoms with van der Waals surface area (Å²) in [4.78, 5) is 16.3. The van der Waals surface area contributed by atoms with E-state index in [1.807, 2.05) is 0 Å². The topological polar surface area (TPSA) is 114 Å². The number of aromatic nitrogens is 2. The highest BCUT2D eigenvalue weighted by Gasteiger charge is 2.26. The first-order valence-corrected chi connectivity index (χ1v) is 11.2. The zero-order valence-electron chi connectivity index (χ0n) is 15.1. The second kappa shape index (κ2) is 8.01. The van der Waals surface area contributed by atoms with Crippen molar-refractivity contribution in [3.05, 3.63) is 47.4 Å². The lowest BCUT2D eigenvalue weighted by atomic mass is 9.85. The third kappa shape index (κ3) is 4.52. The van der Waals surface area contributed by atoms with Crippen molar-refractivity contribution in [3.63, 3.8) is 0 Å². The van der Waals surface area contributed by atoms with Gasteiger partial charge in [-0.3, -0.25) is 4.79 Å². The third-order valence-corrected chi connectivity index (χ3v) is 7.39. The van der Waals surface area contributed by atoms with Gasteiger partial charge < -0.3 is 9.84 Å². The molecule has 0 radical (unpaired) electrons. The molecule has 1 saturated carbocycles. The van der Waals surface area contributed by atoms with Crippen molar-refractivity contribution in [1.29, 1.82) is 0 Å². The molecule has 0 atom stereocenters. The van der Waals surface area contributed by atoms with E-state index in [0.717, 1.165) is 30.6 Å².